The molecule has 3 heteroatoms. The van der Waals surface area contributed by atoms with E-state index < -0.39 is 0 Å². The maximum Gasteiger partial charge on any atom is 0.223 e. The number of rotatable bonds is 6. The van der Waals surface area contributed by atoms with Crippen molar-refractivity contribution >= 4 is 5.91 Å². The van der Waals surface area contributed by atoms with Crippen molar-refractivity contribution in [3.8, 4) is 0 Å². The van der Waals surface area contributed by atoms with E-state index in [2.05, 4.69) is 43.4 Å². The number of benzene rings is 1. The normalized spacial score (nSPS) is 25.7. The van der Waals surface area contributed by atoms with Crippen LogP contribution >= 0.6 is 0 Å². The Kier molecular flexibility index (Phi) is 4.03. The van der Waals surface area contributed by atoms with Crippen LogP contribution in [0.4, 0.5) is 0 Å². The van der Waals surface area contributed by atoms with E-state index in [-0.39, 0.29) is 17.9 Å². The molecule has 0 radical (unpaired) electrons. The molecule has 3 atom stereocenters. The van der Waals surface area contributed by atoms with Crippen LogP contribution in [0.15, 0.2) is 24.3 Å². The smallest absolute Gasteiger partial charge is 0.223 e. The summed E-state index contributed by atoms with van der Waals surface area (Å²) in [7, 11) is 0. The molecule has 0 aliphatic heterocycles. The molecular weight excluding hydrogens is 260 g/mol. The van der Waals surface area contributed by atoms with Crippen molar-refractivity contribution in [2.24, 2.45) is 17.6 Å². The third-order valence-corrected chi connectivity index (χ3v) is 4.90. The van der Waals surface area contributed by atoms with Gasteiger partial charge in [-0.2, -0.15) is 0 Å². The van der Waals surface area contributed by atoms with E-state index in [4.69, 9.17) is 5.73 Å². The lowest BCUT2D eigenvalue weighted by molar-refractivity contribution is -0.122. The Morgan fingerprint density at radius 1 is 1.29 bits per heavy atom. The minimum atomic E-state index is 0.150. The number of nitrogens with two attached hydrogens (primary N) is 1. The largest absolute Gasteiger partial charge is 0.354 e. The van der Waals surface area contributed by atoms with Crippen LogP contribution in [0.2, 0.25) is 0 Å². The van der Waals surface area contributed by atoms with Crippen LogP contribution in [-0.2, 0) is 4.79 Å². The minimum absolute atomic E-state index is 0.150. The summed E-state index contributed by atoms with van der Waals surface area (Å²) in [5, 5.41) is 3.03. The fraction of sp³-hybridized carbons (Fsp3) is 0.611. The number of carbonyl (C=O) groups excluding carboxylic acids is 1. The molecule has 1 aromatic carbocycles. The highest BCUT2D eigenvalue weighted by molar-refractivity contribution is 5.82. The maximum absolute atomic E-state index is 12.1. The van der Waals surface area contributed by atoms with Crippen LogP contribution in [0.25, 0.3) is 0 Å². The van der Waals surface area contributed by atoms with Gasteiger partial charge in [-0.15, -0.1) is 0 Å². The van der Waals surface area contributed by atoms with Gasteiger partial charge in [0.1, 0.15) is 0 Å². The zero-order valence-electron chi connectivity index (χ0n) is 13.0. The minimum Gasteiger partial charge on any atom is -0.354 e. The quantitative estimate of drug-likeness (QED) is 0.845. The second-order valence-corrected chi connectivity index (χ2v) is 7.02. The van der Waals surface area contributed by atoms with Crippen LogP contribution < -0.4 is 11.1 Å². The van der Waals surface area contributed by atoms with Crippen molar-refractivity contribution in [1.82, 2.24) is 5.32 Å². The van der Waals surface area contributed by atoms with Gasteiger partial charge in [0.05, 0.1) is 0 Å². The molecule has 2 fully saturated rings. The van der Waals surface area contributed by atoms with E-state index >= 15 is 0 Å². The summed E-state index contributed by atoms with van der Waals surface area (Å²) in [6, 6.07) is 8.90. The van der Waals surface area contributed by atoms with Gasteiger partial charge in [0.25, 0.3) is 0 Å². The third-order valence-electron chi connectivity index (χ3n) is 4.90. The highest BCUT2D eigenvalue weighted by Crippen LogP contribution is 2.47. The molecule has 3 rings (SSSR count). The molecule has 0 heterocycles. The summed E-state index contributed by atoms with van der Waals surface area (Å²) >= 11 is 0. The van der Waals surface area contributed by atoms with Gasteiger partial charge in [-0.25, -0.2) is 0 Å². The average Bonchev–Trinajstić information content (AvgIpc) is 3.37. The van der Waals surface area contributed by atoms with Crippen molar-refractivity contribution in [1.29, 1.82) is 0 Å². The van der Waals surface area contributed by atoms with Crippen molar-refractivity contribution < 1.29 is 4.79 Å². The van der Waals surface area contributed by atoms with Gasteiger partial charge >= 0.3 is 0 Å². The van der Waals surface area contributed by atoms with Crippen molar-refractivity contribution in [3.05, 3.63) is 35.4 Å². The van der Waals surface area contributed by atoms with Crippen LogP contribution in [0.5, 0.6) is 0 Å². The van der Waals surface area contributed by atoms with Crippen LogP contribution in [0.3, 0.4) is 0 Å². The first kappa shape index (κ1) is 14.6. The zero-order valence-corrected chi connectivity index (χ0v) is 13.0. The number of hydrogen-bond acceptors (Lipinski definition) is 2. The Bertz CT molecular complexity index is 504. The van der Waals surface area contributed by atoms with E-state index in [1.165, 1.54) is 24.0 Å². The summed E-state index contributed by atoms with van der Waals surface area (Å²) in [5.41, 5.74) is 8.68. The van der Waals surface area contributed by atoms with E-state index in [0.29, 0.717) is 24.3 Å². The Morgan fingerprint density at radius 2 is 1.95 bits per heavy atom. The van der Waals surface area contributed by atoms with Crippen molar-refractivity contribution in [2.75, 3.05) is 6.54 Å². The summed E-state index contributed by atoms with van der Waals surface area (Å²) in [6.07, 6.45) is 3.43. The molecule has 3 nitrogen and oxygen atoms in total. The molecule has 0 spiro atoms. The van der Waals surface area contributed by atoms with E-state index in [1.54, 1.807) is 0 Å². The van der Waals surface area contributed by atoms with Crippen LogP contribution in [-0.4, -0.2) is 18.5 Å². The van der Waals surface area contributed by atoms with E-state index in [0.717, 1.165) is 6.42 Å². The monoisotopic (exact) mass is 286 g/mol. The van der Waals surface area contributed by atoms with E-state index in [9.17, 15) is 4.79 Å². The lowest BCUT2D eigenvalue weighted by Gasteiger charge is -2.11. The molecule has 0 aromatic heterocycles. The number of carbonyl (C=O) groups is 1. The fourth-order valence-electron chi connectivity index (χ4n) is 3.02. The van der Waals surface area contributed by atoms with Gasteiger partial charge in [0, 0.05) is 18.5 Å². The predicted octanol–water partition coefficient (Wildman–Crippen LogP) is 2.77. The first-order valence-electron chi connectivity index (χ1n) is 8.19. The van der Waals surface area contributed by atoms with E-state index in [1.807, 2.05) is 0 Å². The Morgan fingerprint density at radius 3 is 2.52 bits per heavy atom. The second-order valence-electron chi connectivity index (χ2n) is 7.02. The number of hydrogen-bond donors (Lipinski definition) is 2. The summed E-state index contributed by atoms with van der Waals surface area (Å²) in [5.74, 6) is 1.94. The second kappa shape index (κ2) is 5.80. The molecule has 1 aromatic rings. The number of nitrogens with one attached hydrogen (secondary N) is 1. The molecule has 1 amide bonds. The zero-order chi connectivity index (χ0) is 15.0. The third kappa shape index (κ3) is 3.46. The fourth-order valence-corrected chi connectivity index (χ4v) is 3.02. The number of amides is 1. The van der Waals surface area contributed by atoms with Crippen LogP contribution in [0, 0.1) is 11.8 Å². The Labute approximate surface area is 127 Å². The average molecular weight is 286 g/mol. The van der Waals surface area contributed by atoms with Gasteiger partial charge in [-0.3, -0.25) is 4.79 Å². The van der Waals surface area contributed by atoms with Gasteiger partial charge in [0.15, 0.2) is 0 Å². The van der Waals surface area contributed by atoms with Gasteiger partial charge in [0.2, 0.25) is 5.91 Å². The van der Waals surface area contributed by atoms with Gasteiger partial charge in [-0.05, 0) is 48.1 Å². The molecule has 21 heavy (non-hydrogen) atoms. The standard InChI is InChI=1S/C18H26N2O/c1-11(2)12-3-5-13(6-4-12)15-9-16(15)18(21)20-10-17(19)14-7-8-14/h3-6,11,14-17H,7-10,19H2,1-2H3,(H,20,21). The summed E-state index contributed by atoms with van der Waals surface area (Å²) < 4.78 is 0. The molecule has 3 N–H and O–H groups in total. The Hall–Kier alpha value is -1.35. The lowest BCUT2D eigenvalue weighted by atomic mass is 10.00. The first-order chi connectivity index (χ1) is 10.1. The van der Waals surface area contributed by atoms with Gasteiger partial charge < -0.3 is 11.1 Å². The summed E-state index contributed by atoms with van der Waals surface area (Å²) in [4.78, 5) is 12.1. The van der Waals surface area contributed by atoms with Crippen LogP contribution in [0.1, 0.15) is 56.1 Å². The molecule has 2 aliphatic carbocycles. The molecule has 114 valence electrons. The van der Waals surface area contributed by atoms with Crippen molar-refractivity contribution in [3.63, 3.8) is 0 Å². The lowest BCUT2D eigenvalue weighted by Crippen LogP contribution is -2.39. The first-order valence-corrected chi connectivity index (χ1v) is 8.19. The predicted molar refractivity (Wildman–Crippen MR) is 85.1 cm³/mol. The summed E-state index contributed by atoms with van der Waals surface area (Å²) in [6.45, 7) is 5.04. The maximum atomic E-state index is 12.1. The molecule has 3 unspecified atom stereocenters. The van der Waals surface area contributed by atoms with Gasteiger partial charge in [-0.1, -0.05) is 38.1 Å². The Balaban J connectivity index is 1.49. The molecule has 2 saturated carbocycles. The highest BCUT2D eigenvalue weighted by atomic mass is 16.2. The SMILES string of the molecule is CC(C)c1ccc(C2CC2C(=O)NCC(N)C2CC2)cc1. The topological polar surface area (TPSA) is 55.1 Å². The van der Waals surface area contributed by atoms with Crippen molar-refractivity contribution in [2.45, 2.75) is 51.0 Å². The molecular formula is C18H26N2O. The molecule has 2 aliphatic rings. The molecule has 0 bridgehead atoms. The molecule has 0 saturated heterocycles. The highest BCUT2D eigenvalue weighted by Gasteiger charge is 2.44.